The number of nitrogens with zero attached hydrogens (tertiary/aromatic N) is 1. The van der Waals surface area contributed by atoms with E-state index in [1.165, 1.54) is 23.0 Å². The van der Waals surface area contributed by atoms with Gasteiger partial charge in [0, 0.05) is 5.56 Å². The molecule has 4 rings (SSSR count). The molecule has 2 heterocycles. The molecule has 0 radical (unpaired) electrons. The average Bonchev–Trinajstić information content (AvgIpc) is 3.14. The Labute approximate surface area is 204 Å². The number of phenolic OH excluding ortho intramolecular Hbond substituents is 1. The molecule has 2 fully saturated rings. The summed E-state index contributed by atoms with van der Waals surface area (Å²) in [5.74, 6) is -0.983. The molecule has 1 amide bonds. The van der Waals surface area contributed by atoms with Gasteiger partial charge in [-0.15, -0.1) is 0 Å². The highest BCUT2D eigenvalue weighted by Gasteiger charge is 2.46. The van der Waals surface area contributed by atoms with Crippen LogP contribution in [0.1, 0.15) is 24.1 Å². The monoisotopic (exact) mass is 483 g/mol. The summed E-state index contributed by atoms with van der Waals surface area (Å²) < 4.78 is 16.2. The highest BCUT2D eigenvalue weighted by molar-refractivity contribution is 6.46. The molecule has 9 heteroatoms. The first-order valence-corrected chi connectivity index (χ1v) is 11.7. The van der Waals surface area contributed by atoms with E-state index in [1.54, 1.807) is 43.3 Å². The maximum absolute atomic E-state index is 13.2. The molecule has 0 bridgehead atoms. The first-order valence-electron chi connectivity index (χ1n) is 11.7. The quantitative estimate of drug-likeness (QED) is 0.293. The molecule has 0 aliphatic carbocycles. The van der Waals surface area contributed by atoms with Gasteiger partial charge in [-0.2, -0.15) is 0 Å². The lowest BCUT2D eigenvalue weighted by atomic mass is 9.95. The summed E-state index contributed by atoms with van der Waals surface area (Å²) in [7, 11) is 1.51. The SMILES string of the molecule is CCOc1cc([C@H]2C(=C(O)c3cccc(OC)c3)C(=O)C(=O)N2CC[NH+]2CCOCC2)ccc1O. The van der Waals surface area contributed by atoms with Crippen LogP contribution in [0.15, 0.2) is 48.0 Å². The highest BCUT2D eigenvalue weighted by atomic mass is 16.5. The number of methoxy groups -OCH3 is 1. The Balaban J connectivity index is 1.78. The molecule has 0 aromatic heterocycles. The lowest BCUT2D eigenvalue weighted by molar-refractivity contribution is -0.907. The van der Waals surface area contributed by atoms with E-state index in [0.29, 0.717) is 49.8 Å². The summed E-state index contributed by atoms with van der Waals surface area (Å²) in [5, 5.41) is 21.4. The number of aliphatic hydroxyl groups excluding tert-OH is 1. The first-order chi connectivity index (χ1) is 16.9. The number of morpholine rings is 1. The third-order valence-corrected chi connectivity index (χ3v) is 6.39. The first kappa shape index (κ1) is 24.6. The largest absolute Gasteiger partial charge is 0.507 e. The van der Waals surface area contributed by atoms with Crippen molar-refractivity contribution in [3.05, 3.63) is 59.2 Å². The minimum absolute atomic E-state index is 0.00614. The number of amides is 1. The predicted octanol–water partition coefficient (Wildman–Crippen LogP) is 1.14. The second-order valence-electron chi connectivity index (χ2n) is 8.50. The molecule has 0 unspecified atom stereocenters. The summed E-state index contributed by atoms with van der Waals surface area (Å²) in [5.41, 5.74) is 0.926. The molecule has 2 saturated heterocycles. The van der Waals surface area contributed by atoms with Gasteiger partial charge in [-0.05, 0) is 36.8 Å². The number of carbonyl (C=O) groups is 2. The number of carbonyl (C=O) groups excluding carboxylic acids is 2. The number of hydrogen-bond acceptors (Lipinski definition) is 7. The molecule has 0 spiro atoms. The number of rotatable bonds is 8. The Morgan fingerprint density at radius 3 is 2.66 bits per heavy atom. The van der Waals surface area contributed by atoms with Crippen LogP contribution in [-0.4, -0.2) is 79.9 Å². The fraction of sp³-hybridized carbons (Fsp3) is 0.385. The Kier molecular flexibility index (Phi) is 7.57. The van der Waals surface area contributed by atoms with Gasteiger partial charge in [0.25, 0.3) is 11.7 Å². The van der Waals surface area contributed by atoms with E-state index >= 15 is 0 Å². The molecule has 2 aliphatic rings. The van der Waals surface area contributed by atoms with Gasteiger partial charge < -0.3 is 34.2 Å². The number of likely N-dealkylation sites (tertiary alicyclic amines) is 1. The summed E-state index contributed by atoms with van der Waals surface area (Å²) in [4.78, 5) is 29.2. The zero-order chi connectivity index (χ0) is 24.9. The molecular weight excluding hydrogens is 452 g/mol. The van der Waals surface area contributed by atoms with Gasteiger partial charge in [-0.25, -0.2) is 0 Å². The van der Waals surface area contributed by atoms with Crippen molar-refractivity contribution >= 4 is 17.4 Å². The average molecular weight is 484 g/mol. The maximum atomic E-state index is 13.2. The second kappa shape index (κ2) is 10.8. The molecule has 35 heavy (non-hydrogen) atoms. The minimum Gasteiger partial charge on any atom is -0.507 e. The number of quaternary nitrogens is 1. The van der Waals surface area contributed by atoms with Crippen LogP contribution in [0.25, 0.3) is 5.76 Å². The van der Waals surface area contributed by atoms with Gasteiger partial charge in [0.05, 0.1) is 51.6 Å². The van der Waals surface area contributed by atoms with Gasteiger partial charge in [-0.1, -0.05) is 18.2 Å². The van der Waals surface area contributed by atoms with Crippen LogP contribution >= 0.6 is 0 Å². The number of aromatic hydroxyl groups is 1. The van der Waals surface area contributed by atoms with Crippen molar-refractivity contribution in [1.29, 1.82) is 0 Å². The molecule has 3 N–H and O–H groups in total. The van der Waals surface area contributed by atoms with Gasteiger partial charge >= 0.3 is 0 Å². The van der Waals surface area contributed by atoms with Crippen LogP contribution in [-0.2, 0) is 14.3 Å². The van der Waals surface area contributed by atoms with E-state index in [1.807, 2.05) is 0 Å². The molecule has 2 aliphatic heterocycles. The topological polar surface area (TPSA) is 110 Å². The zero-order valence-electron chi connectivity index (χ0n) is 20.0. The molecule has 9 nitrogen and oxygen atoms in total. The number of Topliss-reactive ketones (excluding diaryl/α,β-unsaturated/α-hetero) is 1. The van der Waals surface area contributed by atoms with Crippen LogP contribution in [0.3, 0.4) is 0 Å². The number of ketones is 1. The number of aliphatic hydroxyl groups is 1. The summed E-state index contributed by atoms with van der Waals surface area (Å²) in [6.07, 6.45) is 0. The number of phenols is 1. The lowest BCUT2D eigenvalue weighted by Gasteiger charge is -2.29. The van der Waals surface area contributed by atoms with E-state index in [0.717, 1.165) is 13.1 Å². The molecule has 186 valence electrons. The van der Waals surface area contributed by atoms with Crippen LogP contribution in [0, 0.1) is 0 Å². The van der Waals surface area contributed by atoms with E-state index in [2.05, 4.69) is 0 Å². The van der Waals surface area contributed by atoms with E-state index < -0.39 is 17.7 Å². The van der Waals surface area contributed by atoms with Crippen molar-refractivity contribution in [1.82, 2.24) is 4.90 Å². The van der Waals surface area contributed by atoms with Crippen LogP contribution in [0.5, 0.6) is 17.2 Å². The fourth-order valence-electron chi connectivity index (χ4n) is 4.54. The Hall–Kier alpha value is -3.56. The van der Waals surface area contributed by atoms with Gasteiger partial charge in [-0.3, -0.25) is 9.59 Å². The smallest absolute Gasteiger partial charge is 0.295 e. The standard InChI is InChI=1S/C26H30N2O7/c1-3-35-21-16-17(7-8-20(21)29)23-22(24(30)18-5-4-6-19(15-18)33-2)25(31)26(32)28(23)10-9-27-11-13-34-14-12-27/h4-8,15-16,23,29-30H,3,9-14H2,1-2H3/p+1/t23-/m0/s1. The molecule has 2 aromatic rings. The Morgan fingerprint density at radius 2 is 1.94 bits per heavy atom. The van der Waals surface area contributed by atoms with Crippen LogP contribution in [0.4, 0.5) is 0 Å². The van der Waals surface area contributed by atoms with Crippen LogP contribution < -0.4 is 14.4 Å². The second-order valence-corrected chi connectivity index (χ2v) is 8.50. The van der Waals surface area contributed by atoms with Crippen molar-refractivity contribution in [2.75, 3.05) is 53.1 Å². The number of benzene rings is 2. The summed E-state index contributed by atoms with van der Waals surface area (Å²) in [6.45, 7) is 6.06. The number of ether oxygens (including phenoxy) is 3. The maximum Gasteiger partial charge on any atom is 0.295 e. The third-order valence-electron chi connectivity index (χ3n) is 6.39. The summed E-state index contributed by atoms with van der Waals surface area (Å²) in [6, 6.07) is 10.6. The van der Waals surface area contributed by atoms with Gasteiger partial charge in [0.2, 0.25) is 0 Å². The van der Waals surface area contributed by atoms with Crippen molar-refractivity contribution in [2.45, 2.75) is 13.0 Å². The van der Waals surface area contributed by atoms with Crippen molar-refractivity contribution < 1.29 is 38.9 Å². The normalized spacial score (nSPS) is 20.3. The van der Waals surface area contributed by atoms with Crippen molar-refractivity contribution in [3.8, 4) is 17.2 Å². The Morgan fingerprint density at radius 1 is 1.17 bits per heavy atom. The molecule has 1 atom stereocenters. The van der Waals surface area contributed by atoms with Gasteiger partial charge in [0.15, 0.2) is 11.5 Å². The molecule has 2 aromatic carbocycles. The third kappa shape index (κ3) is 5.11. The van der Waals surface area contributed by atoms with E-state index in [9.17, 15) is 19.8 Å². The number of nitrogens with one attached hydrogen (secondary N) is 1. The fourth-order valence-corrected chi connectivity index (χ4v) is 4.54. The zero-order valence-corrected chi connectivity index (χ0v) is 20.0. The van der Waals surface area contributed by atoms with Crippen molar-refractivity contribution in [2.24, 2.45) is 0 Å². The van der Waals surface area contributed by atoms with Gasteiger partial charge in [0.1, 0.15) is 24.6 Å². The minimum atomic E-state index is -0.832. The van der Waals surface area contributed by atoms with Crippen molar-refractivity contribution in [3.63, 3.8) is 0 Å². The Bertz CT molecular complexity index is 1120. The lowest BCUT2D eigenvalue weighted by Crippen LogP contribution is -3.14. The molecule has 0 saturated carbocycles. The number of hydrogen-bond donors (Lipinski definition) is 3. The highest BCUT2D eigenvalue weighted by Crippen LogP contribution is 2.41. The van der Waals surface area contributed by atoms with Crippen LogP contribution in [0.2, 0.25) is 0 Å². The summed E-state index contributed by atoms with van der Waals surface area (Å²) >= 11 is 0. The van der Waals surface area contributed by atoms with E-state index in [-0.39, 0.29) is 22.8 Å². The predicted molar refractivity (Wildman–Crippen MR) is 128 cm³/mol. The molecular formula is C26H31N2O7+. The van der Waals surface area contributed by atoms with E-state index in [4.69, 9.17) is 14.2 Å².